The van der Waals surface area contributed by atoms with E-state index in [4.69, 9.17) is 19.3 Å². The summed E-state index contributed by atoms with van der Waals surface area (Å²) in [6.07, 6.45) is -8.86. The second-order valence-corrected chi connectivity index (χ2v) is 15.9. The summed E-state index contributed by atoms with van der Waals surface area (Å²) in [5.74, 6) is -0.873. The van der Waals surface area contributed by atoms with Gasteiger partial charge in [0.05, 0.1) is 43.2 Å². The molecule has 0 radical (unpaired) electrons. The maximum absolute atomic E-state index is 12.8. The van der Waals surface area contributed by atoms with Crippen LogP contribution in [0.3, 0.4) is 0 Å². The summed E-state index contributed by atoms with van der Waals surface area (Å²) >= 11 is 0. The van der Waals surface area contributed by atoms with Crippen LogP contribution < -0.4 is 9.47 Å². The molecule has 0 spiro atoms. The second kappa shape index (κ2) is 21.6. The topological polar surface area (TPSA) is 123 Å². The van der Waals surface area contributed by atoms with Crippen molar-refractivity contribution in [1.29, 1.82) is 0 Å². The molecule has 0 fully saturated rings. The van der Waals surface area contributed by atoms with E-state index in [0.29, 0.717) is 39.3 Å². The Morgan fingerprint density at radius 1 is 0.551 bits per heavy atom. The lowest BCUT2D eigenvalue weighted by molar-refractivity contribution is -0.142. The van der Waals surface area contributed by atoms with Crippen LogP contribution in [0.15, 0.2) is 133 Å². The van der Waals surface area contributed by atoms with Crippen LogP contribution in [0.4, 0.5) is 26.3 Å². The number of amides is 2. The lowest BCUT2D eigenvalue weighted by Gasteiger charge is -2.19. The molecule has 6 aromatic rings. The summed E-state index contributed by atoms with van der Waals surface area (Å²) < 4.78 is 93.2. The van der Waals surface area contributed by atoms with E-state index in [0.717, 1.165) is 52.1 Å². The standard InChI is InChI=1S/C26H22F3NO4.C25H20F3NO4.2CH4/c1-30-23(14-24(31)33-2)21-11-10-20(13-22(21)25(30)32)34-15-16-4-3-5-18(12-16)17-6-8-19(9-7-17)26(27,28)29;1-29-22(13-23(30)31)20-10-9-19(12-21(20)24(29)32)33-14-15-3-2-4-17(11-15)16-5-7-18(8-6-16)25(26,27)28;;/h3-13,23H,14-15H2,1-2H3;2-12,22H,13-14H2,1H3,(H,30,31);2*1H4. The van der Waals surface area contributed by atoms with Gasteiger partial charge in [-0.1, -0.05) is 87.6 Å². The van der Waals surface area contributed by atoms with Crippen molar-refractivity contribution in [3.8, 4) is 33.8 Å². The summed E-state index contributed by atoms with van der Waals surface area (Å²) in [6.45, 7) is 0.402. The first-order valence-electron chi connectivity index (χ1n) is 20.7. The van der Waals surface area contributed by atoms with Crippen molar-refractivity contribution >= 4 is 23.8 Å². The van der Waals surface area contributed by atoms with E-state index < -0.39 is 41.5 Å². The van der Waals surface area contributed by atoms with Gasteiger partial charge in [0.1, 0.15) is 24.7 Å². The maximum Gasteiger partial charge on any atom is 0.416 e. The molecule has 0 saturated carbocycles. The molecule has 69 heavy (non-hydrogen) atoms. The Kier molecular flexibility index (Phi) is 16.4. The minimum atomic E-state index is -4.38. The number of aliphatic carboxylic acids is 1. The third-order valence-corrected chi connectivity index (χ3v) is 11.5. The van der Waals surface area contributed by atoms with Crippen molar-refractivity contribution in [2.24, 2.45) is 0 Å². The van der Waals surface area contributed by atoms with Gasteiger partial charge in [-0.25, -0.2) is 0 Å². The monoisotopic (exact) mass is 956 g/mol. The number of carbonyl (C=O) groups excluding carboxylic acids is 3. The van der Waals surface area contributed by atoms with Crippen LogP contribution in [-0.2, 0) is 39.9 Å². The highest BCUT2D eigenvalue weighted by Crippen LogP contribution is 2.39. The highest BCUT2D eigenvalue weighted by Gasteiger charge is 2.37. The number of carbonyl (C=O) groups is 4. The molecule has 0 bridgehead atoms. The van der Waals surface area contributed by atoms with Gasteiger partial charge in [0, 0.05) is 25.2 Å². The summed E-state index contributed by atoms with van der Waals surface area (Å²) in [5, 5.41) is 9.11. The number of benzene rings is 6. The van der Waals surface area contributed by atoms with Gasteiger partial charge in [0.2, 0.25) is 0 Å². The molecule has 2 heterocycles. The van der Waals surface area contributed by atoms with Gasteiger partial charge in [-0.3, -0.25) is 19.2 Å². The normalized spacial score (nSPS) is 14.9. The van der Waals surface area contributed by atoms with Crippen molar-refractivity contribution in [2.45, 2.75) is 65.3 Å². The summed E-state index contributed by atoms with van der Waals surface area (Å²) in [6, 6.07) is 33.8. The van der Waals surface area contributed by atoms with E-state index in [1.165, 1.54) is 41.2 Å². The quantitative estimate of drug-likeness (QED) is 0.0950. The molecule has 6 aromatic carbocycles. The van der Waals surface area contributed by atoms with Crippen molar-refractivity contribution in [3.63, 3.8) is 0 Å². The van der Waals surface area contributed by atoms with Crippen molar-refractivity contribution in [3.05, 3.63) is 178 Å². The van der Waals surface area contributed by atoms with Crippen LogP contribution in [0, 0.1) is 0 Å². The van der Waals surface area contributed by atoms with Crippen molar-refractivity contribution < 1.29 is 64.8 Å². The number of nitrogens with zero attached hydrogens (tertiary/aromatic N) is 2. The highest BCUT2D eigenvalue weighted by atomic mass is 19.4. The van der Waals surface area contributed by atoms with E-state index in [-0.39, 0.29) is 58.8 Å². The van der Waals surface area contributed by atoms with Crippen LogP contribution in [0.1, 0.15) is 93.9 Å². The molecule has 2 aliphatic rings. The summed E-state index contributed by atoms with van der Waals surface area (Å²) in [5.41, 5.74) is 5.37. The Morgan fingerprint density at radius 2 is 0.942 bits per heavy atom. The molecule has 0 aliphatic carbocycles. The number of alkyl halides is 6. The Morgan fingerprint density at radius 3 is 1.30 bits per heavy atom. The number of rotatable bonds is 12. The number of ether oxygens (including phenoxy) is 3. The Bertz CT molecular complexity index is 2810. The predicted molar refractivity (Wildman–Crippen MR) is 247 cm³/mol. The molecule has 2 atom stereocenters. The lowest BCUT2D eigenvalue weighted by Crippen LogP contribution is -2.25. The van der Waals surface area contributed by atoms with Crippen LogP contribution >= 0.6 is 0 Å². The SMILES string of the molecule is C.C.CN1C(=O)c2cc(OCc3cccc(-c4ccc(C(F)(F)F)cc4)c3)ccc2C1CC(=O)O.COC(=O)CC1c2ccc(OCc3cccc(-c4ccc(C(F)(F)F)cc4)c3)cc2C(=O)N1C. The fraction of sp³-hybridized carbons (Fsp3) is 0.245. The second-order valence-electron chi connectivity index (χ2n) is 15.9. The maximum atomic E-state index is 12.8. The first-order chi connectivity index (χ1) is 31.8. The third kappa shape index (κ3) is 12.1. The molecular formula is C53H50F6N2O8. The largest absolute Gasteiger partial charge is 0.489 e. The molecule has 2 unspecified atom stereocenters. The zero-order valence-electron chi connectivity index (χ0n) is 36.2. The Labute approximate surface area is 395 Å². The number of halogens is 6. The molecule has 2 aliphatic heterocycles. The Balaban J connectivity index is 0.000000250. The molecule has 1 N–H and O–H groups in total. The van der Waals surface area contributed by atoms with Crippen LogP contribution in [-0.4, -0.2) is 59.9 Å². The van der Waals surface area contributed by atoms with Crippen LogP contribution in [0.5, 0.6) is 11.5 Å². The number of hydrogen-bond acceptors (Lipinski definition) is 7. The minimum Gasteiger partial charge on any atom is -0.489 e. The first kappa shape index (κ1) is 52.4. The van der Waals surface area contributed by atoms with E-state index in [2.05, 4.69) is 0 Å². The predicted octanol–water partition coefficient (Wildman–Crippen LogP) is 12.5. The average molecular weight is 957 g/mol. The number of hydrogen-bond donors (Lipinski definition) is 1. The molecule has 8 rings (SSSR count). The Hall–Kier alpha value is -7.62. The van der Waals surface area contributed by atoms with Crippen LogP contribution in [0.25, 0.3) is 22.3 Å². The van der Waals surface area contributed by atoms with Gasteiger partial charge in [-0.15, -0.1) is 0 Å². The number of carboxylic acids is 1. The summed E-state index contributed by atoms with van der Waals surface area (Å²) in [4.78, 5) is 50.9. The lowest BCUT2D eigenvalue weighted by atomic mass is 10.0. The number of carboxylic acid groups (broad SMARTS) is 1. The van der Waals surface area contributed by atoms with E-state index in [9.17, 15) is 45.5 Å². The molecule has 362 valence electrons. The third-order valence-electron chi connectivity index (χ3n) is 11.5. The molecule has 10 nitrogen and oxygen atoms in total. The number of esters is 1. The van der Waals surface area contributed by atoms with Crippen molar-refractivity contribution in [1.82, 2.24) is 9.80 Å². The molecular weight excluding hydrogens is 907 g/mol. The number of methoxy groups -OCH3 is 1. The van der Waals surface area contributed by atoms with E-state index >= 15 is 0 Å². The van der Waals surface area contributed by atoms with Gasteiger partial charge in [0.25, 0.3) is 11.8 Å². The molecule has 2 amide bonds. The highest BCUT2D eigenvalue weighted by molar-refractivity contribution is 6.00. The van der Waals surface area contributed by atoms with Crippen molar-refractivity contribution in [2.75, 3.05) is 21.2 Å². The smallest absolute Gasteiger partial charge is 0.416 e. The van der Waals surface area contributed by atoms with Crippen LogP contribution in [0.2, 0.25) is 0 Å². The van der Waals surface area contributed by atoms with Gasteiger partial charge < -0.3 is 29.1 Å². The van der Waals surface area contributed by atoms with Gasteiger partial charge >= 0.3 is 24.3 Å². The van der Waals surface area contributed by atoms with Gasteiger partial charge in [0.15, 0.2) is 0 Å². The van der Waals surface area contributed by atoms with E-state index in [1.54, 1.807) is 62.6 Å². The van der Waals surface area contributed by atoms with Gasteiger partial charge in [-0.05, 0) is 105 Å². The molecule has 16 heteroatoms. The summed E-state index contributed by atoms with van der Waals surface area (Å²) in [7, 11) is 4.52. The average Bonchev–Trinajstić information content (AvgIpc) is 3.68. The fourth-order valence-corrected chi connectivity index (χ4v) is 7.90. The fourth-order valence-electron chi connectivity index (χ4n) is 7.90. The first-order valence-corrected chi connectivity index (χ1v) is 20.7. The minimum absolute atomic E-state index is 0. The van der Waals surface area contributed by atoms with Gasteiger partial charge in [-0.2, -0.15) is 26.3 Å². The van der Waals surface area contributed by atoms with E-state index in [1.807, 2.05) is 36.4 Å². The zero-order chi connectivity index (χ0) is 48.2. The molecule has 0 aromatic heterocycles. The zero-order valence-corrected chi connectivity index (χ0v) is 36.2. The number of fused-ring (bicyclic) bond motifs is 2. The molecule has 0 saturated heterocycles.